The lowest BCUT2D eigenvalue weighted by atomic mass is 9.95. The summed E-state index contributed by atoms with van der Waals surface area (Å²) in [5.74, 6) is -0.923. The predicted octanol–water partition coefficient (Wildman–Crippen LogP) is 4.68. The molecule has 0 bridgehead atoms. The highest BCUT2D eigenvalue weighted by atomic mass is 19.1. The maximum atomic E-state index is 13.9. The van der Waals surface area contributed by atoms with E-state index in [9.17, 15) is 18.4 Å². The Hall–Kier alpha value is -3.61. The van der Waals surface area contributed by atoms with Gasteiger partial charge in [-0.05, 0) is 42.0 Å². The average Bonchev–Trinajstić information content (AvgIpc) is 3.61. The summed E-state index contributed by atoms with van der Waals surface area (Å²) in [6, 6.07) is 10.7. The van der Waals surface area contributed by atoms with Gasteiger partial charge in [-0.3, -0.25) is 14.5 Å². The number of carbonyl (C=O) groups excluding carboxylic acids is 2. The van der Waals surface area contributed by atoms with Gasteiger partial charge in [-0.1, -0.05) is 30.3 Å². The van der Waals surface area contributed by atoms with Crippen LogP contribution in [0, 0.1) is 11.6 Å². The number of halogens is 2. The van der Waals surface area contributed by atoms with Crippen molar-refractivity contribution in [3.05, 3.63) is 77.0 Å². The van der Waals surface area contributed by atoms with Crippen LogP contribution >= 0.6 is 0 Å². The largest absolute Gasteiger partial charge is 0.480 e. The van der Waals surface area contributed by atoms with E-state index in [1.54, 1.807) is 25.4 Å². The first-order chi connectivity index (χ1) is 15.4. The van der Waals surface area contributed by atoms with Crippen LogP contribution < -0.4 is 9.64 Å². The summed E-state index contributed by atoms with van der Waals surface area (Å²) in [7, 11) is 1.69. The van der Waals surface area contributed by atoms with Crippen molar-refractivity contribution in [3.8, 4) is 16.9 Å². The lowest BCUT2D eigenvalue weighted by Crippen LogP contribution is -2.36. The van der Waals surface area contributed by atoms with Crippen molar-refractivity contribution in [2.24, 2.45) is 0 Å². The number of Topliss-reactive ketones (excluding diaryl/α,β-unsaturated/α-hetero) is 1. The van der Waals surface area contributed by atoms with Gasteiger partial charge >= 0.3 is 0 Å². The molecule has 0 saturated heterocycles. The predicted molar refractivity (Wildman–Crippen MR) is 115 cm³/mol. The van der Waals surface area contributed by atoms with Gasteiger partial charge in [0.1, 0.15) is 11.6 Å². The first kappa shape index (κ1) is 20.3. The number of likely N-dealkylation sites (N-methyl/N-ethyl adjacent to an activating group) is 1. The second-order valence-corrected chi connectivity index (χ2v) is 8.15. The Balaban J connectivity index is 1.45. The van der Waals surface area contributed by atoms with Gasteiger partial charge in [-0.25, -0.2) is 13.8 Å². The third-order valence-corrected chi connectivity index (χ3v) is 5.94. The molecule has 3 aromatic rings. The molecule has 1 aliphatic heterocycles. The van der Waals surface area contributed by atoms with Gasteiger partial charge in [0.25, 0.3) is 5.91 Å². The number of pyridine rings is 1. The normalized spacial score (nSPS) is 15.3. The Morgan fingerprint density at radius 1 is 1.12 bits per heavy atom. The molecule has 1 fully saturated rings. The van der Waals surface area contributed by atoms with Crippen molar-refractivity contribution in [1.29, 1.82) is 0 Å². The fourth-order valence-corrected chi connectivity index (χ4v) is 4.07. The van der Waals surface area contributed by atoms with E-state index in [1.165, 1.54) is 11.0 Å². The first-order valence-corrected chi connectivity index (χ1v) is 10.4. The molecule has 1 aliphatic carbocycles. The number of rotatable bonds is 5. The van der Waals surface area contributed by atoms with Crippen LogP contribution in [0.3, 0.4) is 0 Å². The molecule has 32 heavy (non-hydrogen) atoms. The molecule has 162 valence electrons. The van der Waals surface area contributed by atoms with E-state index in [0.29, 0.717) is 23.0 Å². The van der Waals surface area contributed by atoms with Gasteiger partial charge in [0.15, 0.2) is 24.0 Å². The quantitative estimate of drug-likeness (QED) is 0.547. The van der Waals surface area contributed by atoms with Gasteiger partial charge in [-0.2, -0.15) is 0 Å². The minimum atomic E-state index is -0.857. The van der Waals surface area contributed by atoms with Crippen LogP contribution in [0.15, 0.2) is 48.7 Å². The standard InChI is InChI=1S/C25H20F2N2O3/c1-29-21(31)13-32-24-22(16-9-10-16)17(12-28-25(24)29)15-7-5-14(6-8-15)11-20(30)23-18(26)3-2-4-19(23)27/h2-8,12,16H,9-11,13H2,1H3. The average molecular weight is 434 g/mol. The number of hydrogen-bond acceptors (Lipinski definition) is 4. The van der Waals surface area contributed by atoms with E-state index < -0.39 is 23.0 Å². The molecule has 0 atom stereocenters. The van der Waals surface area contributed by atoms with E-state index in [-0.39, 0.29) is 18.9 Å². The molecule has 1 aromatic heterocycles. The minimum Gasteiger partial charge on any atom is -0.480 e. The van der Waals surface area contributed by atoms with E-state index in [2.05, 4.69) is 4.98 Å². The topological polar surface area (TPSA) is 59.5 Å². The van der Waals surface area contributed by atoms with E-state index in [0.717, 1.165) is 41.7 Å². The zero-order valence-electron chi connectivity index (χ0n) is 17.4. The van der Waals surface area contributed by atoms with Gasteiger partial charge in [0.05, 0.1) is 5.56 Å². The number of hydrogen-bond donors (Lipinski definition) is 0. The van der Waals surface area contributed by atoms with Crippen LogP contribution in [-0.4, -0.2) is 30.3 Å². The number of benzene rings is 2. The number of ketones is 1. The summed E-state index contributed by atoms with van der Waals surface area (Å²) in [5.41, 5.74) is 3.02. The lowest BCUT2D eigenvalue weighted by Gasteiger charge is -2.27. The van der Waals surface area contributed by atoms with E-state index in [1.807, 2.05) is 12.1 Å². The Morgan fingerprint density at radius 2 is 1.81 bits per heavy atom. The second kappa shape index (κ2) is 7.82. The number of anilines is 1. The van der Waals surface area contributed by atoms with Crippen LogP contribution in [0.2, 0.25) is 0 Å². The number of ether oxygens (including phenoxy) is 1. The molecule has 1 saturated carbocycles. The third kappa shape index (κ3) is 3.53. The summed E-state index contributed by atoms with van der Waals surface area (Å²) < 4.78 is 33.6. The van der Waals surface area contributed by atoms with Gasteiger partial charge in [-0.15, -0.1) is 0 Å². The molecule has 2 heterocycles. The molecule has 0 N–H and O–H groups in total. The van der Waals surface area contributed by atoms with Gasteiger partial charge < -0.3 is 4.74 Å². The highest BCUT2D eigenvalue weighted by Crippen LogP contribution is 2.51. The number of carbonyl (C=O) groups is 2. The zero-order chi connectivity index (χ0) is 22.4. The molecule has 7 heteroatoms. The van der Waals surface area contributed by atoms with Crippen LogP contribution in [0.25, 0.3) is 11.1 Å². The maximum absolute atomic E-state index is 13.9. The Morgan fingerprint density at radius 3 is 2.47 bits per heavy atom. The third-order valence-electron chi connectivity index (χ3n) is 5.94. The SMILES string of the molecule is CN1C(=O)COc2c1ncc(-c1ccc(CC(=O)c3c(F)cccc3F)cc1)c2C1CC1. The summed E-state index contributed by atoms with van der Waals surface area (Å²) >= 11 is 0. The van der Waals surface area contributed by atoms with Crippen molar-refractivity contribution in [3.63, 3.8) is 0 Å². The van der Waals surface area contributed by atoms with Crippen molar-refractivity contribution in [2.45, 2.75) is 25.2 Å². The number of fused-ring (bicyclic) bond motifs is 1. The number of amides is 1. The molecule has 5 rings (SSSR count). The molecular formula is C25H20F2N2O3. The number of aromatic nitrogens is 1. The fraction of sp³-hybridized carbons (Fsp3) is 0.240. The smallest absolute Gasteiger partial charge is 0.265 e. The fourth-order valence-electron chi connectivity index (χ4n) is 4.07. The minimum absolute atomic E-state index is 0.0119. The van der Waals surface area contributed by atoms with Crippen molar-refractivity contribution in [2.75, 3.05) is 18.6 Å². The van der Waals surface area contributed by atoms with Gasteiger partial charge in [0.2, 0.25) is 0 Å². The van der Waals surface area contributed by atoms with Gasteiger partial charge in [0, 0.05) is 30.8 Å². The molecule has 0 unspecified atom stereocenters. The Kier molecular flexibility index (Phi) is 4.96. The Labute approximate surface area is 183 Å². The van der Waals surface area contributed by atoms with Crippen LogP contribution in [0.4, 0.5) is 14.6 Å². The monoisotopic (exact) mass is 434 g/mol. The molecule has 5 nitrogen and oxygen atoms in total. The highest BCUT2D eigenvalue weighted by molar-refractivity contribution is 5.98. The van der Waals surface area contributed by atoms with Crippen LogP contribution in [0.1, 0.15) is 40.2 Å². The second-order valence-electron chi connectivity index (χ2n) is 8.15. The molecule has 2 aromatic carbocycles. The summed E-state index contributed by atoms with van der Waals surface area (Å²) in [4.78, 5) is 30.4. The molecule has 1 amide bonds. The summed E-state index contributed by atoms with van der Waals surface area (Å²) in [6.45, 7) is -0.0119. The molecule has 2 aliphatic rings. The highest BCUT2D eigenvalue weighted by Gasteiger charge is 2.35. The zero-order valence-corrected chi connectivity index (χ0v) is 17.4. The summed E-state index contributed by atoms with van der Waals surface area (Å²) in [5, 5.41) is 0. The van der Waals surface area contributed by atoms with Crippen molar-refractivity contribution >= 4 is 17.5 Å². The lowest BCUT2D eigenvalue weighted by molar-refractivity contribution is -0.121. The van der Waals surface area contributed by atoms with Crippen molar-refractivity contribution in [1.82, 2.24) is 4.98 Å². The van der Waals surface area contributed by atoms with Crippen LogP contribution in [-0.2, 0) is 11.2 Å². The molecule has 0 radical (unpaired) electrons. The Bertz CT molecular complexity index is 1220. The molecular weight excluding hydrogens is 414 g/mol. The maximum Gasteiger partial charge on any atom is 0.265 e. The summed E-state index contributed by atoms with van der Waals surface area (Å²) in [6.07, 6.45) is 3.74. The van der Waals surface area contributed by atoms with E-state index in [4.69, 9.17) is 4.74 Å². The molecule has 0 spiro atoms. The van der Waals surface area contributed by atoms with E-state index >= 15 is 0 Å². The van der Waals surface area contributed by atoms with Crippen LogP contribution in [0.5, 0.6) is 5.75 Å². The van der Waals surface area contributed by atoms with Crippen molar-refractivity contribution < 1.29 is 23.1 Å². The number of nitrogens with zero attached hydrogens (tertiary/aromatic N) is 2. The first-order valence-electron chi connectivity index (χ1n) is 10.4.